The van der Waals surface area contributed by atoms with Gasteiger partial charge in [0.2, 0.25) is 0 Å². The molecule has 0 amide bonds. The molecule has 3 rings (SSSR count). The van der Waals surface area contributed by atoms with Gasteiger partial charge < -0.3 is 4.74 Å². The van der Waals surface area contributed by atoms with Crippen LogP contribution in [0.15, 0.2) is 60.7 Å². The summed E-state index contributed by atoms with van der Waals surface area (Å²) in [6, 6.07) is 20.2. The molecule has 1 heterocycles. The number of aryl methyl sites for hydroxylation is 1. The topological polar surface area (TPSA) is 67.2 Å². The number of nitrogens with zero attached hydrogens (tertiary/aromatic N) is 1. The lowest BCUT2D eigenvalue weighted by molar-refractivity contribution is -0.134. The van der Waals surface area contributed by atoms with Gasteiger partial charge in [-0.2, -0.15) is 5.26 Å². The van der Waals surface area contributed by atoms with Crippen LogP contribution in [0.25, 0.3) is 11.1 Å². The highest BCUT2D eigenvalue weighted by Gasteiger charge is 2.12. The molecule has 0 radical (unpaired) electrons. The Kier molecular flexibility index (Phi) is 5.80. The molecule has 5 heteroatoms. The summed E-state index contributed by atoms with van der Waals surface area (Å²) < 4.78 is 5.30. The Morgan fingerprint density at radius 1 is 0.926 bits per heavy atom. The summed E-state index contributed by atoms with van der Waals surface area (Å²) in [5.41, 5.74) is 2.54. The Labute approximate surface area is 161 Å². The van der Waals surface area contributed by atoms with Crippen molar-refractivity contribution >= 4 is 23.1 Å². The predicted octanol–water partition coefficient (Wildman–Crippen LogP) is 5.16. The van der Waals surface area contributed by atoms with Crippen molar-refractivity contribution in [3.05, 3.63) is 76.0 Å². The quantitative estimate of drug-likeness (QED) is 0.339. The van der Waals surface area contributed by atoms with Crippen LogP contribution in [-0.4, -0.2) is 11.8 Å². The summed E-state index contributed by atoms with van der Waals surface area (Å²) in [6.45, 7) is 1.94. The van der Waals surface area contributed by atoms with Gasteiger partial charge >= 0.3 is 5.97 Å². The lowest BCUT2D eigenvalue weighted by Crippen LogP contribution is -2.10. The Balaban J connectivity index is 1.55. The molecule has 0 saturated carbocycles. The Bertz CT molecular complexity index is 995. The zero-order valence-corrected chi connectivity index (χ0v) is 15.6. The van der Waals surface area contributed by atoms with Gasteiger partial charge in [-0.25, -0.2) is 0 Å². The van der Waals surface area contributed by atoms with Crippen molar-refractivity contribution in [2.45, 2.75) is 19.8 Å². The highest BCUT2D eigenvalue weighted by molar-refractivity contribution is 7.14. The van der Waals surface area contributed by atoms with Crippen molar-refractivity contribution in [2.24, 2.45) is 0 Å². The molecule has 0 aliphatic carbocycles. The Hall–Kier alpha value is -3.23. The van der Waals surface area contributed by atoms with Gasteiger partial charge in [0.1, 0.15) is 5.75 Å². The zero-order chi connectivity index (χ0) is 19.2. The van der Waals surface area contributed by atoms with Crippen LogP contribution in [0.1, 0.15) is 33.0 Å². The number of thiophene rings is 1. The van der Waals surface area contributed by atoms with E-state index in [9.17, 15) is 9.59 Å². The van der Waals surface area contributed by atoms with Gasteiger partial charge in [0.25, 0.3) is 0 Å². The molecule has 0 unspecified atom stereocenters. The molecule has 1 aromatic heterocycles. The first-order valence-electron chi connectivity index (χ1n) is 8.46. The monoisotopic (exact) mass is 375 g/mol. The van der Waals surface area contributed by atoms with E-state index in [0.717, 1.165) is 16.0 Å². The number of rotatable bonds is 6. The summed E-state index contributed by atoms with van der Waals surface area (Å²) >= 11 is 1.43. The van der Waals surface area contributed by atoms with Crippen LogP contribution in [0.5, 0.6) is 5.75 Å². The van der Waals surface area contributed by atoms with Crippen molar-refractivity contribution < 1.29 is 14.3 Å². The summed E-state index contributed by atoms with van der Waals surface area (Å²) in [5, 5.41) is 8.84. The van der Waals surface area contributed by atoms with E-state index in [1.165, 1.54) is 11.3 Å². The number of ketones is 1. The van der Waals surface area contributed by atoms with E-state index in [0.29, 0.717) is 16.2 Å². The second-order valence-corrected chi connectivity index (χ2v) is 7.31. The molecular formula is C22H17NO3S. The number of carbonyl (C=O) groups excluding carboxylic acids is 2. The summed E-state index contributed by atoms with van der Waals surface area (Å²) in [5.74, 6) is -0.0271. The first kappa shape index (κ1) is 18.6. The number of benzene rings is 2. The number of nitriles is 1. The van der Waals surface area contributed by atoms with E-state index < -0.39 is 5.97 Å². The van der Waals surface area contributed by atoms with Crippen molar-refractivity contribution in [3.8, 4) is 22.9 Å². The second-order valence-electron chi connectivity index (χ2n) is 6.02. The standard InChI is InChI=1S/C22H17NO3S/c1-15-2-12-21(27-15)20(24)11-13-22(25)26-19-9-7-18(8-10-19)17-5-3-16(14-23)4-6-17/h2-10,12H,11,13H2,1H3. The third-order valence-electron chi connectivity index (χ3n) is 4.00. The minimum atomic E-state index is -0.428. The lowest BCUT2D eigenvalue weighted by atomic mass is 10.0. The van der Waals surface area contributed by atoms with Crippen LogP contribution in [0.2, 0.25) is 0 Å². The maximum absolute atomic E-state index is 12.0. The number of esters is 1. The third kappa shape index (κ3) is 4.90. The van der Waals surface area contributed by atoms with Crippen molar-refractivity contribution in [1.82, 2.24) is 0 Å². The first-order chi connectivity index (χ1) is 13.0. The Morgan fingerprint density at radius 3 is 2.11 bits per heavy atom. The van der Waals surface area contributed by atoms with E-state index >= 15 is 0 Å². The fourth-order valence-electron chi connectivity index (χ4n) is 2.56. The van der Waals surface area contributed by atoms with Gasteiger partial charge in [0, 0.05) is 11.3 Å². The van der Waals surface area contributed by atoms with Crippen molar-refractivity contribution in [3.63, 3.8) is 0 Å². The smallest absolute Gasteiger partial charge is 0.311 e. The van der Waals surface area contributed by atoms with E-state index in [2.05, 4.69) is 6.07 Å². The molecule has 0 saturated heterocycles. The van der Waals surface area contributed by atoms with Crippen molar-refractivity contribution in [1.29, 1.82) is 5.26 Å². The molecule has 0 N–H and O–H groups in total. The molecule has 134 valence electrons. The van der Waals surface area contributed by atoms with Gasteiger partial charge in [-0.05, 0) is 54.4 Å². The second kappa shape index (κ2) is 8.43. The maximum atomic E-state index is 12.0. The number of hydrogen-bond donors (Lipinski definition) is 0. The van der Waals surface area contributed by atoms with Crippen LogP contribution in [0, 0.1) is 18.3 Å². The molecule has 0 aliphatic rings. The van der Waals surface area contributed by atoms with Crippen LogP contribution >= 0.6 is 11.3 Å². The molecular weight excluding hydrogens is 358 g/mol. The fourth-order valence-corrected chi connectivity index (χ4v) is 3.39. The van der Waals surface area contributed by atoms with E-state index in [-0.39, 0.29) is 18.6 Å². The van der Waals surface area contributed by atoms with Crippen molar-refractivity contribution in [2.75, 3.05) is 0 Å². The van der Waals surface area contributed by atoms with Gasteiger partial charge in [-0.1, -0.05) is 24.3 Å². The minimum Gasteiger partial charge on any atom is -0.427 e. The average molecular weight is 375 g/mol. The van der Waals surface area contributed by atoms with Crippen LogP contribution in [0.3, 0.4) is 0 Å². The summed E-state index contributed by atoms with van der Waals surface area (Å²) in [6.07, 6.45) is 0.190. The number of carbonyl (C=O) groups is 2. The Morgan fingerprint density at radius 2 is 1.56 bits per heavy atom. The summed E-state index contributed by atoms with van der Waals surface area (Å²) in [7, 11) is 0. The fraction of sp³-hybridized carbons (Fsp3) is 0.136. The van der Waals surface area contributed by atoms with Crippen LogP contribution in [-0.2, 0) is 4.79 Å². The number of ether oxygens (including phenoxy) is 1. The molecule has 0 spiro atoms. The van der Waals surface area contributed by atoms with Crippen LogP contribution < -0.4 is 4.74 Å². The molecule has 0 atom stereocenters. The molecule has 3 aromatic rings. The maximum Gasteiger partial charge on any atom is 0.311 e. The SMILES string of the molecule is Cc1ccc(C(=O)CCC(=O)Oc2ccc(-c3ccc(C#N)cc3)cc2)s1. The third-order valence-corrected chi connectivity index (χ3v) is 5.05. The van der Waals surface area contributed by atoms with Gasteiger partial charge in [0.15, 0.2) is 5.78 Å². The molecule has 4 nitrogen and oxygen atoms in total. The summed E-state index contributed by atoms with van der Waals surface area (Å²) in [4.78, 5) is 25.8. The van der Waals surface area contributed by atoms with Gasteiger partial charge in [-0.15, -0.1) is 11.3 Å². The van der Waals surface area contributed by atoms with E-state index in [1.54, 1.807) is 30.3 Å². The molecule has 27 heavy (non-hydrogen) atoms. The predicted molar refractivity (Wildman–Crippen MR) is 105 cm³/mol. The van der Waals surface area contributed by atoms with E-state index in [4.69, 9.17) is 10.00 Å². The van der Waals surface area contributed by atoms with Gasteiger partial charge in [0.05, 0.1) is 22.9 Å². The van der Waals surface area contributed by atoms with Gasteiger partial charge in [-0.3, -0.25) is 9.59 Å². The minimum absolute atomic E-state index is 0.0405. The molecule has 2 aromatic carbocycles. The molecule has 0 fully saturated rings. The molecule has 0 bridgehead atoms. The first-order valence-corrected chi connectivity index (χ1v) is 9.28. The lowest BCUT2D eigenvalue weighted by Gasteiger charge is -2.06. The zero-order valence-electron chi connectivity index (χ0n) is 14.8. The average Bonchev–Trinajstić information content (AvgIpc) is 3.13. The number of hydrogen-bond acceptors (Lipinski definition) is 5. The van der Waals surface area contributed by atoms with E-state index in [1.807, 2.05) is 37.3 Å². The highest BCUT2D eigenvalue weighted by atomic mass is 32.1. The normalized spacial score (nSPS) is 10.2. The van der Waals surface area contributed by atoms with Crippen LogP contribution in [0.4, 0.5) is 0 Å². The molecule has 0 aliphatic heterocycles. The highest BCUT2D eigenvalue weighted by Crippen LogP contribution is 2.23. The number of Topliss-reactive ketones (excluding diaryl/α,β-unsaturated/α-hetero) is 1. The largest absolute Gasteiger partial charge is 0.427 e.